The average Bonchev–Trinajstić information content (AvgIpc) is 3.19. The second kappa shape index (κ2) is 8.15. The molecule has 0 saturated heterocycles. The molecule has 168 valence electrons. The molecule has 34 heavy (non-hydrogen) atoms. The van der Waals surface area contributed by atoms with Crippen LogP contribution in [0.5, 0.6) is 0 Å². The van der Waals surface area contributed by atoms with Crippen LogP contribution >= 0.6 is 0 Å². The first-order chi connectivity index (χ1) is 16.3. The highest BCUT2D eigenvalue weighted by molar-refractivity contribution is 6.15. The van der Waals surface area contributed by atoms with Gasteiger partial charge in [0, 0.05) is 34.9 Å². The van der Waals surface area contributed by atoms with Gasteiger partial charge in [0.25, 0.3) is 0 Å². The van der Waals surface area contributed by atoms with Crippen LogP contribution in [0.25, 0.3) is 49.2 Å². The zero-order chi connectivity index (χ0) is 24.1. The topological polar surface area (TPSA) is 21.4 Å². The molecule has 0 N–H and O–H groups in total. The largest absolute Gasteiger partial charge is 0.456 e. The SMILES string of the molecule is [C-]#[N+]c1ccc2c(oc3c(-c4ccc(C(C)C)c(C)[n+]4C)c(C)ccc32)c1-c1ccc(C)cc1. The van der Waals surface area contributed by atoms with Crippen LogP contribution in [0.15, 0.2) is 65.1 Å². The van der Waals surface area contributed by atoms with E-state index in [1.165, 1.54) is 22.4 Å². The molecule has 0 fully saturated rings. The van der Waals surface area contributed by atoms with Crippen molar-refractivity contribution in [2.24, 2.45) is 7.05 Å². The lowest BCUT2D eigenvalue weighted by Crippen LogP contribution is -2.36. The van der Waals surface area contributed by atoms with Crippen molar-refractivity contribution < 1.29 is 8.98 Å². The Labute approximate surface area is 201 Å². The number of fused-ring (bicyclic) bond motifs is 3. The predicted octanol–water partition coefficient (Wildman–Crippen LogP) is 8.34. The molecule has 3 heteroatoms. The highest BCUT2D eigenvalue weighted by Crippen LogP contribution is 2.44. The molecule has 2 heterocycles. The molecule has 3 aromatic carbocycles. The van der Waals surface area contributed by atoms with Crippen LogP contribution in [-0.2, 0) is 7.05 Å². The van der Waals surface area contributed by atoms with Crippen molar-refractivity contribution in [2.75, 3.05) is 0 Å². The van der Waals surface area contributed by atoms with E-state index in [1.807, 2.05) is 12.1 Å². The third-order valence-electron chi connectivity index (χ3n) is 7.04. The number of aryl methyl sites for hydroxylation is 2. The summed E-state index contributed by atoms with van der Waals surface area (Å²) < 4.78 is 8.97. The fraction of sp³-hybridized carbons (Fsp3) is 0.226. The molecular formula is C31H29N2O+. The van der Waals surface area contributed by atoms with Gasteiger partial charge in [-0.2, -0.15) is 4.57 Å². The van der Waals surface area contributed by atoms with E-state index in [-0.39, 0.29) is 0 Å². The van der Waals surface area contributed by atoms with Crippen LogP contribution in [0.4, 0.5) is 5.69 Å². The molecule has 5 aromatic rings. The first-order valence-corrected chi connectivity index (χ1v) is 11.7. The summed E-state index contributed by atoms with van der Waals surface area (Å²) in [6.45, 7) is 18.6. The first kappa shape index (κ1) is 21.9. The van der Waals surface area contributed by atoms with Gasteiger partial charge in [-0.15, -0.1) is 0 Å². The number of pyridine rings is 1. The maximum Gasteiger partial charge on any atom is 0.216 e. The van der Waals surface area contributed by atoms with E-state index in [1.54, 1.807) is 0 Å². The Morgan fingerprint density at radius 3 is 2.09 bits per heavy atom. The zero-order valence-electron chi connectivity index (χ0n) is 20.7. The molecule has 0 aliphatic carbocycles. The quantitative estimate of drug-likeness (QED) is 0.202. The van der Waals surface area contributed by atoms with Crippen molar-refractivity contribution in [2.45, 2.75) is 40.5 Å². The number of hydrogen-bond acceptors (Lipinski definition) is 1. The minimum absolute atomic E-state index is 0.465. The molecule has 0 saturated carbocycles. The lowest BCUT2D eigenvalue weighted by molar-refractivity contribution is -0.667. The highest BCUT2D eigenvalue weighted by atomic mass is 16.3. The van der Waals surface area contributed by atoms with E-state index in [4.69, 9.17) is 11.0 Å². The normalized spacial score (nSPS) is 11.5. The lowest BCUT2D eigenvalue weighted by atomic mass is 9.96. The molecule has 2 aromatic heterocycles. The van der Waals surface area contributed by atoms with Crippen molar-refractivity contribution in [3.8, 4) is 22.4 Å². The maximum atomic E-state index is 7.78. The average molecular weight is 446 g/mol. The molecule has 0 aliphatic rings. The predicted molar refractivity (Wildman–Crippen MR) is 140 cm³/mol. The lowest BCUT2D eigenvalue weighted by Gasteiger charge is -2.11. The Hall–Kier alpha value is -3.90. The van der Waals surface area contributed by atoms with E-state index >= 15 is 0 Å². The van der Waals surface area contributed by atoms with Gasteiger partial charge in [0.1, 0.15) is 18.2 Å². The summed E-state index contributed by atoms with van der Waals surface area (Å²) in [6.07, 6.45) is 0. The van der Waals surface area contributed by atoms with E-state index in [2.05, 4.69) is 99.6 Å². The standard InChI is InChI=1S/C31H29N2O/c1-18(2)23-15-17-27(33(7)21(23)5)28-20(4)10-13-24-25-14-16-26(32-6)29(31(25)34-30(24)28)22-11-8-19(3)9-12-22/h8-18H,1-5,7H3/q+1. The fourth-order valence-electron chi connectivity index (χ4n) is 5.04. The molecule has 0 spiro atoms. The van der Waals surface area contributed by atoms with Crippen molar-refractivity contribution in [3.63, 3.8) is 0 Å². The van der Waals surface area contributed by atoms with Gasteiger partial charge in [0.2, 0.25) is 5.69 Å². The fourth-order valence-corrected chi connectivity index (χ4v) is 5.04. The maximum absolute atomic E-state index is 7.78. The van der Waals surface area contributed by atoms with E-state index in [0.717, 1.165) is 44.3 Å². The van der Waals surface area contributed by atoms with Gasteiger partial charge in [-0.1, -0.05) is 67.9 Å². The van der Waals surface area contributed by atoms with Crippen molar-refractivity contribution in [1.82, 2.24) is 0 Å². The third-order valence-corrected chi connectivity index (χ3v) is 7.04. The Kier molecular flexibility index (Phi) is 5.25. The molecule has 5 rings (SSSR count). The monoisotopic (exact) mass is 445 g/mol. The molecular weight excluding hydrogens is 416 g/mol. The summed E-state index contributed by atoms with van der Waals surface area (Å²) in [7, 11) is 2.13. The number of aromatic nitrogens is 1. The smallest absolute Gasteiger partial charge is 0.216 e. The van der Waals surface area contributed by atoms with Gasteiger partial charge in [0.15, 0.2) is 11.4 Å². The molecule has 0 bridgehead atoms. The Morgan fingerprint density at radius 1 is 0.794 bits per heavy atom. The molecule has 3 nitrogen and oxygen atoms in total. The number of nitrogens with zero attached hydrogens (tertiary/aromatic N) is 2. The second-order valence-electron chi connectivity index (χ2n) is 9.52. The van der Waals surface area contributed by atoms with Crippen molar-refractivity contribution >= 4 is 27.6 Å². The van der Waals surface area contributed by atoms with Crippen molar-refractivity contribution in [3.05, 3.63) is 94.5 Å². The molecule has 0 atom stereocenters. The van der Waals surface area contributed by atoms with Crippen LogP contribution in [0.3, 0.4) is 0 Å². The number of benzene rings is 3. The van der Waals surface area contributed by atoms with E-state index < -0.39 is 0 Å². The minimum Gasteiger partial charge on any atom is -0.456 e. The van der Waals surface area contributed by atoms with Gasteiger partial charge in [-0.3, -0.25) is 0 Å². The van der Waals surface area contributed by atoms with Crippen LogP contribution < -0.4 is 4.57 Å². The molecule has 0 unspecified atom stereocenters. The zero-order valence-corrected chi connectivity index (χ0v) is 20.7. The van der Waals surface area contributed by atoms with Crippen LogP contribution in [0.2, 0.25) is 0 Å². The summed E-state index contributed by atoms with van der Waals surface area (Å²) in [5.41, 5.74) is 11.3. The number of hydrogen-bond donors (Lipinski definition) is 0. The Morgan fingerprint density at radius 2 is 1.44 bits per heavy atom. The minimum atomic E-state index is 0.465. The van der Waals surface area contributed by atoms with Gasteiger partial charge in [-0.05, 0) is 37.0 Å². The summed E-state index contributed by atoms with van der Waals surface area (Å²) in [5.74, 6) is 0.465. The molecule has 0 amide bonds. The summed E-state index contributed by atoms with van der Waals surface area (Å²) in [6, 6.07) is 21.0. The summed E-state index contributed by atoms with van der Waals surface area (Å²) >= 11 is 0. The summed E-state index contributed by atoms with van der Waals surface area (Å²) in [5, 5.41) is 2.11. The van der Waals surface area contributed by atoms with Gasteiger partial charge < -0.3 is 4.42 Å². The van der Waals surface area contributed by atoms with E-state index in [0.29, 0.717) is 11.6 Å². The van der Waals surface area contributed by atoms with Gasteiger partial charge in [0.05, 0.1) is 12.1 Å². The van der Waals surface area contributed by atoms with Crippen LogP contribution in [0.1, 0.15) is 42.1 Å². The number of furan rings is 1. The first-order valence-electron chi connectivity index (χ1n) is 11.7. The van der Waals surface area contributed by atoms with Crippen LogP contribution in [-0.4, -0.2) is 0 Å². The number of rotatable bonds is 3. The highest BCUT2D eigenvalue weighted by Gasteiger charge is 2.25. The molecule has 0 radical (unpaired) electrons. The van der Waals surface area contributed by atoms with Crippen molar-refractivity contribution in [1.29, 1.82) is 0 Å². The van der Waals surface area contributed by atoms with Gasteiger partial charge in [-0.25, -0.2) is 4.85 Å². The summed E-state index contributed by atoms with van der Waals surface area (Å²) in [4.78, 5) is 3.83. The Balaban J connectivity index is 1.87. The molecule has 0 aliphatic heterocycles. The van der Waals surface area contributed by atoms with Gasteiger partial charge >= 0.3 is 0 Å². The third kappa shape index (κ3) is 3.30. The van der Waals surface area contributed by atoms with Crippen LogP contribution in [0, 0.1) is 27.3 Å². The Bertz CT molecular complexity index is 1610. The second-order valence-corrected chi connectivity index (χ2v) is 9.52. The van der Waals surface area contributed by atoms with E-state index in [9.17, 15) is 0 Å².